The molecule has 0 saturated heterocycles. The molecule has 0 aromatic heterocycles. The minimum Gasteiger partial charge on any atom is -0.298 e. The van der Waals surface area contributed by atoms with Crippen LogP contribution >= 0.6 is 0 Å². The van der Waals surface area contributed by atoms with Crippen molar-refractivity contribution in [3.05, 3.63) is 94.0 Å². The van der Waals surface area contributed by atoms with Gasteiger partial charge >= 0.3 is 0 Å². The molecule has 0 bridgehead atoms. The monoisotopic (exact) mass is 364 g/mol. The Hall–Kier alpha value is -3.92. The fraction of sp³-hybridized carbons (Fsp3) is 0. The lowest BCUT2D eigenvalue weighted by atomic mass is 9.81. The van der Waals surface area contributed by atoms with E-state index in [1.807, 2.05) is 0 Å². The van der Waals surface area contributed by atoms with Crippen LogP contribution < -0.4 is 0 Å². The number of benzene rings is 4. The van der Waals surface area contributed by atoms with Gasteiger partial charge < -0.3 is 0 Å². The smallest absolute Gasteiger partial charge is 0.194 e. The molecule has 5 rings (SSSR count). The highest BCUT2D eigenvalue weighted by molar-refractivity contribution is 6.30. The number of hydrogen-bond donors (Lipinski definition) is 0. The molecular weight excluding hydrogens is 352 g/mol. The van der Waals surface area contributed by atoms with Crippen LogP contribution in [0, 0.1) is 0 Å². The summed E-state index contributed by atoms with van der Waals surface area (Å²) in [5, 5.41) is 3.06. The van der Waals surface area contributed by atoms with Crippen molar-refractivity contribution in [2.45, 2.75) is 0 Å². The Morgan fingerprint density at radius 2 is 0.821 bits per heavy atom. The lowest BCUT2D eigenvalue weighted by Gasteiger charge is -2.19. The van der Waals surface area contributed by atoms with Crippen molar-refractivity contribution in [2.24, 2.45) is 0 Å². The predicted molar refractivity (Wildman–Crippen MR) is 106 cm³/mol. The van der Waals surface area contributed by atoms with Crippen LogP contribution in [0.3, 0.4) is 0 Å². The molecule has 0 atom stereocenters. The molecular formula is C24H12O4. The van der Waals surface area contributed by atoms with Gasteiger partial charge in [-0.2, -0.15) is 0 Å². The van der Waals surface area contributed by atoms with Crippen molar-refractivity contribution in [3.63, 3.8) is 0 Å². The van der Waals surface area contributed by atoms with Crippen LogP contribution in [0.25, 0.3) is 21.5 Å². The maximum Gasteiger partial charge on any atom is 0.194 e. The molecule has 4 heteroatoms. The van der Waals surface area contributed by atoms with Crippen LogP contribution in [0.5, 0.6) is 0 Å². The van der Waals surface area contributed by atoms with Gasteiger partial charge in [0, 0.05) is 33.4 Å². The summed E-state index contributed by atoms with van der Waals surface area (Å²) in [6.07, 6.45) is 1.50. The molecule has 0 spiro atoms. The molecule has 0 amide bonds. The first kappa shape index (κ1) is 16.3. The first-order valence-electron chi connectivity index (χ1n) is 8.74. The second kappa shape index (κ2) is 5.79. The summed E-state index contributed by atoms with van der Waals surface area (Å²) in [4.78, 5) is 48.4. The number of rotatable bonds is 2. The van der Waals surface area contributed by atoms with Gasteiger partial charge in [-0.05, 0) is 57.9 Å². The van der Waals surface area contributed by atoms with Crippen LogP contribution in [0.2, 0.25) is 0 Å². The highest BCUT2D eigenvalue weighted by atomic mass is 16.1. The molecule has 0 aliphatic heterocycles. The Balaban J connectivity index is 1.77. The average molecular weight is 364 g/mol. The Morgan fingerprint density at radius 1 is 0.464 bits per heavy atom. The van der Waals surface area contributed by atoms with E-state index in [-0.39, 0.29) is 11.6 Å². The molecule has 132 valence electrons. The molecule has 4 aromatic rings. The quantitative estimate of drug-likeness (QED) is 0.436. The summed E-state index contributed by atoms with van der Waals surface area (Å²) < 4.78 is 0. The van der Waals surface area contributed by atoms with Crippen molar-refractivity contribution in [3.8, 4) is 0 Å². The Bertz CT molecular complexity index is 1270. The molecule has 1 aliphatic carbocycles. The van der Waals surface area contributed by atoms with E-state index >= 15 is 0 Å². The molecule has 0 fully saturated rings. The number of hydrogen-bond acceptors (Lipinski definition) is 4. The van der Waals surface area contributed by atoms with Crippen LogP contribution in [0.1, 0.15) is 52.6 Å². The average Bonchev–Trinajstić information content (AvgIpc) is 2.74. The second-order valence-electron chi connectivity index (χ2n) is 6.90. The maximum atomic E-state index is 13.1. The molecule has 4 nitrogen and oxygen atoms in total. The number of ketones is 2. The van der Waals surface area contributed by atoms with E-state index in [9.17, 15) is 19.2 Å². The Kier molecular flexibility index (Phi) is 3.36. The lowest BCUT2D eigenvalue weighted by Crippen LogP contribution is -2.21. The summed E-state index contributed by atoms with van der Waals surface area (Å²) >= 11 is 0. The van der Waals surface area contributed by atoms with Gasteiger partial charge in [0.15, 0.2) is 11.6 Å². The molecule has 0 unspecified atom stereocenters. The zero-order valence-electron chi connectivity index (χ0n) is 14.6. The molecule has 4 aromatic carbocycles. The van der Waals surface area contributed by atoms with Crippen molar-refractivity contribution < 1.29 is 19.2 Å². The van der Waals surface area contributed by atoms with Gasteiger partial charge in [-0.25, -0.2) is 0 Å². The van der Waals surface area contributed by atoms with Crippen LogP contribution in [-0.4, -0.2) is 24.1 Å². The van der Waals surface area contributed by atoms with Gasteiger partial charge in [-0.15, -0.1) is 0 Å². The van der Waals surface area contributed by atoms with E-state index in [1.54, 1.807) is 60.7 Å². The fourth-order valence-corrected chi connectivity index (χ4v) is 3.82. The standard InChI is InChI=1S/C24H12O4/c25-11-13-1-3-15-7-19-21(9-17(15)5-13)24(28)20-8-16-4-2-14(12-26)6-18(16)10-22(20)23(19)27/h1-12H. The SMILES string of the molecule is O=Cc1ccc2cc3c(cc2c1)C(=O)c1cc2ccc(C=O)cc2cc1C3=O. The van der Waals surface area contributed by atoms with Gasteiger partial charge in [-0.1, -0.05) is 24.3 Å². The van der Waals surface area contributed by atoms with Gasteiger partial charge in [0.1, 0.15) is 12.6 Å². The van der Waals surface area contributed by atoms with Gasteiger partial charge in [0.05, 0.1) is 0 Å². The van der Waals surface area contributed by atoms with Gasteiger partial charge in [0.25, 0.3) is 0 Å². The van der Waals surface area contributed by atoms with Gasteiger partial charge in [0.2, 0.25) is 0 Å². The van der Waals surface area contributed by atoms with E-state index in [4.69, 9.17) is 0 Å². The van der Waals surface area contributed by atoms with Crippen LogP contribution in [0.4, 0.5) is 0 Å². The highest BCUT2D eigenvalue weighted by Gasteiger charge is 2.30. The number of carbonyl (C=O) groups excluding carboxylic acids is 4. The maximum absolute atomic E-state index is 13.1. The minimum absolute atomic E-state index is 0.218. The second-order valence-corrected chi connectivity index (χ2v) is 6.90. The van der Waals surface area contributed by atoms with E-state index in [1.165, 1.54) is 0 Å². The van der Waals surface area contributed by atoms with Crippen molar-refractivity contribution in [2.75, 3.05) is 0 Å². The molecule has 0 saturated carbocycles. The van der Waals surface area contributed by atoms with E-state index < -0.39 is 0 Å². The normalized spacial score (nSPS) is 12.7. The van der Waals surface area contributed by atoms with Crippen LogP contribution in [-0.2, 0) is 0 Å². The number of fused-ring (bicyclic) bond motifs is 4. The summed E-state index contributed by atoms with van der Waals surface area (Å²) in [6.45, 7) is 0. The van der Waals surface area contributed by atoms with E-state index in [2.05, 4.69) is 0 Å². The number of carbonyl (C=O) groups is 4. The first-order valence-corrected chi connectivity index (χ1v) is 8.74. The first-order chi connectivity index (χ1) is 13.6. The Morgan fingerprint density at radius 3 is 1.18 bits per heavy atom. The number of aldehydes is 2. The minimum atomic E-state index is -0.218. The zero-order valence-corrected chi connectivity index (χ0v) is 14.6. The lowest BCUT2D eigenvalue weighted by molar-refractivity contribution is 0.0979. The summed E-state index contributed by atoms with van der Waals surface area (Å²) in [7, 11) is 0. The van der Waals surface area contributed by atoms with Crippen LogP contribution in [0.15, 0.2) is 60.7 Å². The third-order valence-corrected chi connectivity index (χ3v) is 5.25. The van der Waals surface area contributed by atoms with E-state index in [0.29, 0.717) is 33.4 Å². The van der Waals surface area contributed by atoms with Crippen molar-refractivity contribution >= 4 is 45.7 Å². The fourth-order valence-electron chi connectivity index (χ4n) is 3.82. The largest absolute Gasteiger partial charge is 0.298 e. The highest BCUT2D eigenvalue weighted by Crippen LogP contribution is 2.33. The third kappa shape index (κ3) is 2.25. The molecule has 0 N–H and O–H groups in total. The topological polar surface area (TPSA) is 68.3 Å². The molecule has 0 heterocycles. The summed E-state index contributed by atoms with van der Waals surface area (Å²) in [6, 6.07) is 17.1. The Labute approximate surface area is 159 Å². The molecule has 1 aliphatic rings. The predicted octanol–water partition coefficient (Wildman–Crippen LogP) is 4.39. The summed E-state index contributed by atoms with van der Waals surface area (Å²) in [5.74, 6) is -0.436. The molecule has 28 heavy (non-hydrogen) atoms. The third-order valence-electron chi connectivity index (χ3n) is 5.25. The van der Waals surface area contributed by atoms with Crippen molar-refractivity contribution in [1.29, 1.82) is 0 Å². The summed E-state index contributed by atoms with van der Waals surface area (Å²) in [5.41, 5.74) is 2.43. The molecule has 0 radical (unpaired) electrons. The van der Waals surface area contributed by atoms with E-state index in [0.717, 1.165) is 34.1 Å². The zero-order chi connectivity index (χ0) is 19.4. The van der Waals surface area contributed by atoms with Crippen molar-refractivity contribution in [1.82, 2.24) is 0 Å². The van der Waals surface area contributed by atoms with Gasteiger partial charge in [-0.3, -0.25) is 19.2 Å².